The second kappa shape index (κ2) is 4.04. The third-order valence-corrected chi connectivity index (χ3v) is 1.99. The maximum absolute atomic E-state index is 5.81. The van der Waals surface area contributed by atoms with Crippen LogP contribution in [0.2, 0.25) is 0 Å². The van der Waals surface area contributed by atoms with Crippen molar-refractivity contribution in [2.75, 3.05) is 13.1 Å². The van der Waals surface area contributed by atoms with Crippen molar-refractivity contribution >= 4 is 0 Å². The molecule has 1 saturated heterocycles. The maximum atomic E-state index is 5.81. The summed E-state index contributed by atoms with van der Waals surface area (Å²) in [6.07, 6.45) is 6.22. The van der Waals surface area contributed by atoms with E-state index < -0.39 is 0 Å². The van der Waals surface area contributed by atoms with E-state index in [1.165, 1.54) is 12.8 Å². The molecule has 0 saturated carbocycles. The Labute approximate surface area is 73.7 Å². The summed E-state index contributed by atoms with van der Waals surface area (Å²) < 4.78 is 0. The fourth-order valence-corrected chi connectivity index (χ4v) is 1.30. The van der Waals surface area contributed by atoms with Crippen LogP contribution in [0.5, 0.6) is 0 Å². The van der Waals surface area contributed by atoms with Crippen LogP contribution in [-0.4, -0.2) is 18.0 Å². The molecule has 0 aromatic carbocycles. The van der Waals surface area contributed by atoms with Gasteiger partial charge < -0.3 is 16.4 Å². The van der Waals surface area contributed by atoms with Crippen molar-refractivity contribution < 1.29 is 0 Å². The molecule has 3 nitrogen and oxygen atoms in total. The van der Waals surface area contributed by atoms with Crippen molar-refractivity contribution in [1.29, 1.82) is 0 Å². The standard InChI is InChI=1S/C9H17N3/c1-8(10)4-5-9(11)12-6-2-3-7-12/h4-5H,2-3,6-7,10-11H2,1H3/b8-4-,9-5+. The topological polar surface area (TPSA) is 55.3 Å². The van der Waals surface area contributed by atoms with E-state index in [-0.39, 0.29) is 0 Å². The SMILES string of the molecule is C/C(N)=C/C=C(\N)N1CCCC1. The molecular weight excluding hydrogens is 150 g/mol. The van der Waals surface area contributed by atoms with Crippen molar-refractivity contribution in [1.82, 2.24) is 4.90 Å². The zero-order chi connectivity index (χ0) is 8.97. The number of likely N-dealkylation sites (tertiary alicyclic amines) is 1. The smallest absolute Gasteiger partial charge is 0.0986 e. The van der Waals surface area contributed by atoms with E-state index in [0.717, 1.165) is 24.6 Å². The van der Waals surface area contributed by atoms with Crippen LogP contribution in [0.3, 0.4) is 0 Å². The van der Waals surface area contributed by atoms with Crippen LogP contribution in [0.15, 0.2) is 23.7 Å². The summed E-state index contributed by atoms with van der Waals surface area (Å²) in [4.78, 5) is 2.18. The molecule has 68 valence electrons. The van der Waals surface area contributed by atoms with Crippen LogP contribution in [0.4, 0.5) is 0 Å². The van der Waals surface area contributed by atoms with Crippen molar-refractivity contribution in [2.24, 2.45) is 11.5 Å². The average molecular weight is 167 g/mol. The average Bonchev–Trinajstić information content (AvgIpc) is 2.51. The molecule has 0 spiro atoms. The quantitative estimate of drug-likeness (QED) is 0.596. The predicted octanol–water partition coefficient (Wildman–Crippen LogP) is 0.745. The van der Waals surface area contributed by atoms with E-state index in [4.69, 9.17) is 11.5 Å². The van der Waals surface area contributed by atoms with Crippen LogP contribution in [0.25, 0.3) is 0 Å². The number of rotatable bonds is 2. The van der Waals surface area contributed by atoms with Crippen LogP contribution in [0, 0.1) is 0 Å². The third-order valence-electron chi connectivity index (χ3n) is 1.99. The summed E-state index contributed by atoms with van der Waals surface area (Å²) in [7, 11) is 0. The molecule has 0 radical (unpaired) electrons. The Hall–Kier alpha value is -1.12. The fraction of sp³-hybridized carbons (Fsp3) is 0.556. The zero-order valence-corrected chi connectivity index (χ0v) is 7.59. The maximum Gasteiger partial charge on any atom is 0.0986 e. The Balaban J connectivity index is 2.50. The normalized spacial score (nSPS) is 20.2. The number of nitrogens with two attached hydrogens (primary N) is 2. The lowest BCUT2D eigenvalue weighted by Crippen LogP contribution is -2.24. The monoisotopic (exact) mass is 167 g/mol. The van der Waals surface area contributed by atoms with Crippen molar-refractivity contribution in [2.45, 2.75) is 19.8 Å². The molecule has 3 heteroatoms. The highest BCUT2D eigenvalue weighted by Crippen LogP contribution is 2.10. The number of allylic oxidation sites excluding steroid dienone is 3. The Bertz CT molecular complexity index is 196. The molecule has 12 heavy (non-hydrogen) atoms. The van der Waals surface area contributed by atoms with Crippen LogP contribution in [0.1, 0.15) is 19.8 Å². The first kappa shape index (κ1) is 8.97. The van der Waals surface area contributed by atoms with Gasteiger partial charge >= 0.3 is 0 Å². The molecule has 0 unspecified atom stereocenters. The summed E-state index contributed by atoms with van der Waals surface area (Å²) in [5, 5.41) is 0. The first-order valence-electron chi connectivity index (χ1n) is 4.34. The molecule has 1 aliphatic heterocycles. The van der Waals surface area contributed by atoms with Gasteiger partial charge in [-0.05, 0) is 31.9 Å². The van der Waals surface area contributed by atoms with Crippen molar-refractivity contribution in [3.8, 4) is 0 Å². The summed E-state index contributed by atoms with van der Waals surface area (Å²) in [6.45, 7) is 4.02. The van der Waals surface area contributed by atoms with Gasteiger partial charge in [0, 0.05) is 18.8 Å². The van der Waals surface area contributed by atoms with E-state index in [1.54, 1.807) is 0 Å². The number of hydrogen-bond donors (Lipinski definition) is 2. The summed E-state index contributed by atoms with van der Waals surface area (Å²) in [5.41, 5.74) is 12.1. The van der Waals surface area contributed by atoms with Crippen LogP contribution >= 0.6 is 0 Å². The van der Waals surface area contributed by atoms with Crippen LogP contribution in [-0.2, 0) is 0 Å². The fourth-order valence-electron chi connectivity index (χ4n) is 1.30. The Morgan fingerprint density at radius 2 is 1.75 bits per heavy atom. The molecule has 4 N–H and O–H groups in total. The largest absolute Gasteiger partial charge is 0.402 e. The third kappa shape index (κ3) is 2.49. The predicted molar refractivity (Wildman–Crippen MR) is 51.0 cm³/mol. The molecule has 1 rings (SSSR count). The second-order valence-corrected chi connectivity index (χ2v) is 3.20. The molecule has 0 amide bonds. The highest BCUT2D eigenvalue weighted by atomic mass is 15.2. The molecule has 0 aromatic heterocycles. The number of nitrogens with zero attached hydrogens (tertiary/aromatic N) is 1. The van der Waals surface area contributed by atoms with Gasteiger partial charge in [0.15, 0.2) is 0 Å². The van der Waals surface area contributed by atoms with Gasteiger partial charge in [-0.1, -0.05) is 0 Å². The summed E-state index contributed by atoms with van der Waals surface area (Å²) in [5.74, 6) is 0.831. The molecular formula is C9H17N3. The van der Waals surface area contributed by atoms with E-state index in [1.807, 2.05) is 19.1 Å². The van der Waals surface area contributed by atoms with Crippen LogP contribution < -0.4 is 11.5 Å². The Morgan fingerprint density at radius 3 is 2.25 bits per heavy atom. The molecule has 0 atom stereocenters. The highest BCUT2D eigenvalue weighted by molar-refractivity contribution is 5.12. The van der Waals surface area contributed by atoms with Crippen molar-refractivity contribution in [3.63, 3.8) is 0 Å². The highest BCUT2D eigenvalue weighted by Gasteiger charge is 2.10. The summed E-state index contributed by atoms with van der Waals surface area (Å²) in [6, 6.07) is 0. The lowest BCUT2D eigenvalue weighted by molar-refractivity contribution is 0.421. The second-order valence-electron chi connectivity index (χ2n) is 3.20. The van der Waals surface area contributed by atoms with Gasteiger partial charge in [-0.15, -0.1) is 0 Å². The van der Waals surface area contributed by atoms with E-state index in [2.05, 4.69) is 4.90 Å². The first-order chi connectivity index (χ1) is 5.70. The minimum Gasteiger partial charge on any atom is -0.402 e. The minimum absolute atomic E-state index is 0.789. The van der Waals surface area contributed by atoms with Gasteiger partial charge in [-0.2, -0.15) is 0 Å². The summed E-state index contributed by atoms with van der Waals surface area (Å²) >= 11 is 0. The molecule has 1 aliphatic rings. The van der Waals surface area contributed by atoms with E-state index in [9.17, 15) is 0 Å². The zero-order valence-electron chi connectivity index (χ0n) is 7.59. The van der Waals surface area contributed by atoms with Gasteiger partial charge in [0.1, 0.15) is 0 Å². The van der Waals surface area contributed by atoms with Gasteiger partial charge in [-0.25, -0.2) is 0 Å². The molecule has 1 heterocycles. The molecule has 0 aromatic rings. The molecule has 1 fully saturated rings. The van der Waals surface area contributed by atoms with Gasteiger partial charge in [-0.3, -0.25) is 0 Å². The first-order valence-corrected chi connectivity index (χ1v) is 4.34. The lowest BCUT2D eigenvalue weighted by Gasteiger charge is -2.16. The van der Waals surface area contributed by atoms with Gasteiger partial charge in [0.05, 0.1) is 5.82 Å². The van der Waals surface area contributed by atoms with E-state index in [0.29, 0.717) is 0 Å². The van der Waals surface area contributed by atoms with E-state index >= 15 is 0 Å². The molecule has 0 aliphatic carbocycles. The minimum atomic E-state index is 0.789. The van der Waals surface area contributed by atoms with Gasteiger partial charge in [0.2, 0.25) is 0 Å². The number of hydrogen-bond acceptors (Lipinski definition) is 3. The Kier molecular flexibility index (Phi) is 3.02. The van der Waals surface area contributed by atoms with Crippen molar-refractivity contribution in [3.05, 3.63) is 23.7 Å². The molecule has 0 bridgehead atoms. The Morgan fingerprint density at radius 1 is 1.17 bits per heavy atom. The lowest BCUT2D eigenvalue weighted by atomic mass is 10.4. The van der Waals surface area contributed by atoms with Gasteiger partial charge in [0.25, 0.3) is 0 Å².